The van der Waals surface area contributed by atoms with Crippen LogP contribution in [0.15, 0.2) is 176 Å². The normalized spacial score (nSPS) is 13.1. The molecule has 0 saturated heterocycles. The van der Waals surface area contributed by atoms with E-state index in [1.165, 1.54) is 12.4 Å². The number of rotatable bonds is 9. The molecule has 30 heteroatoms. The molecule has 9 rings (SSSR count). The molecule has 0 saturated carbocycles. The van der Waals surface area contributed by atoms with Gasteiger partial charge < -0.3 is 4.74 Å². The van der Waals surface area contributed by atoms with E-state index in [2.05, 4.69) is 11.1 Å². The maximum absolute atomic E-state index is 14.2. The molecule has 0 fully saturated rings. The number of halogens is 24. The second-order valence-corrected chi connectivity index (χ2v) is 19.7. The van der Waals surface area contributed by atoms with Crippen LogP contribution in [-0.2, 0) is 56.0 Å². The number of carbonyl (C=O) groups excluding carboxylic acids is 2. The van der Waals surface area contributed by atoms with Gasteiger partial charge in [0.2, 0.25) is 24.2 Å². The lowest BCUT2D eigenvalue weighted by molar-refractivity contribution is -0.683. The molecule has 466 valence electrons. The van der Waals surface area contributed by atoms with Crippen molar-refractivity contribution >= 4 is 61.3 Å². The van der Waals surface area contributed by atoms with Crippen molar-refractivity contribution in [1.29, 1.82) is 0 Å². The number of fused-ring (bicyclic) bond motifs is 3. The van der Waals surface area contributed by atoms with Crippen molar-refractivity contribution in [3.8, 4) is 5.75 Å². The highest BCUT2D eigenvalue weighted by Gasteiger charge is 2.47. The van der Waals surface area contributed by atoms with Crippen LogP contribution in [0.3, 0.4) is 0 Å². The summed E-state index contributed by atoms with van der Waals surface area (Å²) in [6.07, 6.45) is -50.1. The van der Waals surface area contributed by atoms with Gasteiger partial charge in [0, 0.05) is 10.9 Å². The molecule has 0 amide bonds. The second-order valence-electron chi connectivity index (χ2n) is 19.7. The number of aromatic nitrogens is 2. The van der Waals surface area contributed by atoms with Gasteiger partial charge in [0.15, 0.2) is 6.20 Å². The van der Waals surface area contributed by atoms with Crippen LogP contribution in [0.2, 0.25) is 0 Å². The summed E-state index contributed by atoms with van der Waals surface area (Å²) in [5.41, 5.74) is -29.5. The molecule has 5 nitrogen and oxygen atoms in total. The fraction of sp³-hybridized carbons (Fsp3) is 0.153. The predicted octanol–water partition coefficient (Wildman–Crippen LogP) is 16.0. The van der Waals surface area contributed by atoms with Gasteiger partial charge in [-0.25, -0.2) is 9.78 Å². The van der Waals surface area contributed by atoms with E-state index in [1.54, 1.807) is 22.9 Å². The minimum absolute atomic E-state index is 0.0540. The van der Waals surface area contributed by atoms with Crippen molar-refractivity contribution in [1.82, 2.24) is 4.98 Å². The molecule has 0 atom stereocenters. The average Bonchev–Trinajstić information content (AvgIpc) is 0.712. The van der Waals surface area contributed by atoms with Gasteiger partial charge in [0.1, 0.15) is 11.9 Å². The van der Waals surface area contributed by atoms with Crippen LogP contribution in [0.25, 0.3) is 21.5 Å². The van der Waals surface area contributed by atoms with E-state index in [0.717, 1.165) is 21.5 Å². The molecular formula is C59H31BF24N2O3. The lowest BCUT2D eigenvalue weighted by Crippen LogP contribution is -2.75. The molecule has 0 aliphatic rings. The summed E-state index contributed by atoms with van der Waals surface area (Å²) in [7, 11) is 0. The van der Waals surface area contributed by atoms with E-state index in [0.29, 0.717) is 11.3 Å². The third kappa shape index (κ3) is 14.6. The number of ether oxygens (including phenoxy) is 1. The molecule has 0 spiro atoms. The molecule has 89 heavy (non-hydrogen) atoms. The van der Waals surface area contributed by atoms with E-state index < -0.39 is 201 Å². The van der Waals surface area contributed by atoms with Crippen LogP contribution in [-0.4, -0.2) is 22.9 Å². The summed E-state index contributed by atoms with van der Waals surface area (Å²) >= 11 is 0. The topological polar surface area (TPSA) is 60.1 Å². The first-order valence-corrected chi connectivity index (χ1v) is 24.9. The number of nitrogens with zero attached hydrogens (tertiary/aromatic N) is 2. The molecule has 0 aliphatic heterocycles. The van der Waals surface area contributed by atoms with Crippen molar-refractivity contribution in [2.45, 2.75) is 56.0 Å². The number of benzene rings is 8. The molecule has 1 aromatic heterocycles. The summed E-state index contributed by atoms with van der Waals surface area (Å²) < 4.78 is 348. The van der Waals surface area contributed by atoms with Crippen LogP contribution < -0.4 is 31.2 Å². The third-order valence-corrected chi connectivity index (χ3v) is 13.8. The lowest BCUT2D eigenvalue weighted by atomic mass is 9.12. The number of hydrogen-bond donors (Lipinski definition) is 0. The highest BCUT2D eigenvalue weighted by Crippen LogP contribution is 2.42. The van der Waals surface area contributed by atoms with Crippen LogP contribution >= 0.6 is 0 Å². The molecule has 0 bridgehead atoms. The van der Waals surface area contributed by atoms with Gasteiger partial charge in [-0.2, -0.15) is 132 Å². The van der Waals surface area contributed by atoms with Crippen molar-refractivity contribution in [3.05, 3.63) is 232 Å². The Hall–Kier alpha value is -9.12. The summed E-state index contributed by atoms with van der Waals surface area (Å²) in [5, 5.41) is 3.94. The van der Waals surface area contributed by atoms with Gasteiger partial charge in [0.05, 0.1) is 50.7 Å². The van der Waals surface area contributed by atoms with Crippen LogP contribution in [0, 0.1) is 0 Å². The number of carbonyl (C=O) groups is 2. The standard InChI is InChI=1S/C32H12BF24.C27H19N2O3/c34-25(35,36)13-1-14(26(37,38)39)6-21(5-13)33(22-7-15(27(40,41)42)2-16(8-22)28(43,44)45,23-9-17(29(46,47)48)3-18(10-23)30(49,50)51)24-11-19(31(52,53)54)4-20(12-24)32(55,56)57;30-25(19-8-2-1-3-9-19)18-29-15-14-28-24(17-29)27(31)32-26-16-20-10-4-5-11-21(20)22-12-6-7-13-23(22)26/h1-12H;1-17H,18H2/q-1;+1. The number of Topliss-reactive ketones (excluding diaryl/α,β-unsaturated/α-hetero) is 1. The Kier molecular flexibility index (Phi) is 17.3. The zero-order chi connectivity index (χ0) is 65.8. The number of hydrogen-bond acceptors (Lipinski definition) is 4. The summed E-state index contributed by atoms with van der Waals surface area (Å²) in [4.78, 5) is 29.6. The smallest absolute Gasteiger partial charge is 0.416 e. The van der Waals surface area contributed by atoms with Gasteiger partial charge in [0.25, 0.3) is 0 Å². The van der Waals surface area contributed by atoms with E-state index in [9.17, 15) is 115 Å². The zero-order valence-electron chi connectivity index (χ0n) is 43.7. The SMILES string of the molecule is FC(F)(F)c1cc([B-](c2cc(C(F)(F)F)cc(C(F)(F)F)c2)(c2cc(C(F)(F)F)cc(C(F)(F)F)c2)c2cc(C(F)(F)F)cc(C(F)(F)F)c2)cc(C(F)(F)F)c1.O=C(C[n+]1ccnc(C(=O)Oc2cc3ccccc3c3ccccc23)c1)c1ccccc1. The van der Waals surface area contributed by atoms with Gasteiger partial charge in [-0.1, -0.05) is 127 Å². The van der Waals surface area contributed by atoms with Crippen molar-refractivity contribution in [2.24, 2.45) is 0 Å². The summed E-state index contributed by atoms with van der Waals surface area (Å²) in [6, 6.07) is 17.9. The Morgan fingerprint density at radius 1 is 0.382 bits per heavy atom. The van der Waals surface area contributed by atoms with Gasteiger partial charge in [-0.15, -0.1) is 0 Å². The number of alkyl halides is 24. The Morgan fingerprint density at radius 2 is 0.697 bits per heavy atom. The number of ketones is 1. The van der Waals surface area contributed by atoms with Crippen LogP contribution in [0.1, 0.15) is 65.4 Å². The molecule has 9 aromatic rings. The third-order valence-electron chi connectivity index (χ3n) is 13.8. The first-order chi connectivity index (χ1) is 40.9. The first-order valence-electron chi connectivity index (χ1n) is 24.9. The predicted molar refractivity (Wildman–Crippen MR) is 272 cm³/mol. The molecule has 0 unspecified atom stereocenters. The maximum Gasteiger partial charge on any atom is 0.416 e. The quantitative estimate of drug-likeness (QED) is 0.0275. The molecule has 8 aromatic carbocycles. The fourth-order valence-corrected chi connectivity index (χ4v) is 9.84. The Bertz CT molecular complexity index is 3710. The van der Waals surface area contributed by atoms with E-state index in [-0.39, 0.29) is 18.0 Å². The Balaban J connectivity index is 0.000000267. The zero-order valence-corrected chi connectivity index (χ0v) is 43.7. The fourth-order valence-electron chi connectivity index (χ4n) is 9.84. The average molecular weight is 1280 g/mol. The molecule has 0 radical (unpaired) electrons. The Morgan fingerprint density at radius 3 is 1.04 bits per heavy atom. The minimum atomic E-state index is -6.13. The molecule has 0 N–H and O–H groups in total. The maximum atomic E-state index is 14.2. The van der Waals surface area contributed by atoms with Crippen LogP contribution in [0.4, 0.5) is 105 Å². The van der Waals surface area contributed by atoms with Gasteiger partial charge in [-0.05, 0) is 46.5 Å². The summed E-state index contributed by atoms with van der Waals surface area (Å²) in [6.45, 7) is 0.103. The highest BCUT2D eigenvalue weighted by molar-refractivity contribution is 7.20. The molecule has 1 heterocycles. The Labute approximate surface area is 483 Å². The first kappa shape index (κ1) is 65.9. The van der Waals surface area contributed by atoms with Crippen molar-refractivity contribution < 1.29 is 124 Å². The lowest BCUT2D eigenvalue weighted by Gasteiger charge is -2.46. The highest BCUT2D eigenvalue weighted by atomic mass is 19.4. The largest absolute Gasteiger partial charge is 0.421 e. The van der Waals surface area contributed by atoms with Gasteiger partial charge in [-0.3, -0.25) is 4.79 Å². The summed E-state index contributed by atoms with van der Waals surface area (Å²) in [5.74, 6) is -0.157. The van der Waals surface area contributed by atoms with Crippen LogP contribution in [0.5, 0.6) is 5.75 Å². The molecular weight excluding hydrogens is 1250 g/mol. The van der Waals surface area contributed by atoms with E-state index in [1.807, 2.05) is 66.7 Å². The van der Waals surface area contributed by atoms with Crippen molar-refractivity contribution in [2.75, 3.05) is 0 Å². The molecule has 0 aliphatic carbocycles. The van der Waals surface area contributed by atoms with Crippen molar-refractivity contribution in [3.63, 3.8) is 0 Å². The van der Waals surface area contributed by atoms with E-state index >= 15 is 0 Å². The number of esters is 1. The van der Waals surface area contributed by atoms with Gasteiger partial charge >= 0.3 is 55.4 Å². The minimum Gasteiger partial charge on any atom is -0.421 e. The second kappa shape index (κ2) is 23.4. The monoisotopic (exact) mass is 1280 g/mol. The van der Waals surface area contributed by atoms with E-state index in [4.69, 9.17) is 4.74 Å².